The topological polar surface area (TPSA) is 103 Å². The van der Waals surface area contributed by atoms with Gasteiger partial charge in [0, 0.05) is 19.6 Å². The Kier molecular flexibility index (Phi) is 6.73. The molecule has 1 aliphatic heterocycles. The Morgan fingerprint density at radius 3 is 2.86 bits per heavy atom. The Bertz CT molecular complexity index is 837. The van der Waals surface area contributed by atoms with E-state index < -0.39 is 0 Å². The van der Waals surface area contributed by atoms with Gasteiger partial charge in [0.1, 0.15) is 17.5 Å². The number of ether oxygens (including phenoxy) is 2. The maximum atomic E-state index is 12.3. The van der Waals surface area contributed by atoms with Crippen LogP contribution < -0.4 is 14.8 Å². The number of aromatic amines is 1. The summed E-state index contributed by atoms with van der Waals surface area (Å²) in [6.45, 7) is 4.51. The number of nitrogens with zero attached hydrogens (tertiary/aromatic N) is 3. The van der Waals surface area contributed by atoms with Crippen LogP contribution in [-0.2, 0) is 11.3 Å². The van der Waals surface area contributed by atoms with Gasteiger partial charge in [-0.15, -0.1) is 0 Å². The number of hydrogen-bond acceptors (Lipinski definition) is 6. The van der Waals surface area contributed by atoms with Crippen LogP contribution in [-0.4, -0.2) is 47.3 Å². The fourth-order valence-electron chi connectivity index (χ4n) is 3.12. The minimum Gasteiger partial charge on any atom is -0.490 e. The molecule has 1 aliphatic rings. The Hall–Kier alpha value is -3.21. The Labute approximate surface area is 164 Å². The number of piperidine rings is 1. The number of carbonyl (C=O) groups is 1. The van der Waals surface area contributed by atoms with Gasteiger partial charge in [-0.1, -0.05) is 6.07 Å². The van der Waals surface area contributed by atoms with Crippen molar-refractivity contribution in [2.24, 2.45) is 0 Å². The van der Waals surface area contributed by atoms with Crippen molar-refractivity contribution in [3.8, 4) is 17.6 Å². The van der Waals surface area contributed by atoms with Crippen LogP contribution in [0.25, 0.3) is 0 Å². The van der Waals surface area contributed by atoms with Gasteiger partial charge in [-0.25, -0.2) is 0 Å². The Morgan fingerprint density at radius 2 is 2.11 bits per heavy atom. The monoisotopic (exact) mass is 383 g/mol. The van der Waals surface area contributed by atoms with Gasteiger partial charge in [0.2, 0.25) is 0 Å². The molecule has 8 heteroatoms. The van der Waals surface area contributed by atoms with E-state index in [4.69, 9.17) is 14.7 Å². The molecule has 8 nitrogen and oxygen atoms in total. The first-order chi connectivity index (χ1) is 13.7. The number of nitriles is 1. The van der Waals surface area contributed by atoms with Crippen LogP contribution in [0.2, 0.25) is 0 Å². The standard InChI is InChI=1S/C20H25N5O3/c1-2-27-18-10-15(12-22-20-16(11-21)13-23-24-20)6-7-17(18)28-14-19(26)25-8-4-3-5-9-25/h6-7,10,13H,2-5,8-9,12,14H2,1H3,(H2,22,23,24). The molecule has 0 spiro atoms. The number of carbonyl (C=O) groups excluding carboxylic acids is 1. The lowest BCUT2D eigenvalue weighted by atomic mass is 10.1. The first kappa shape index (κ1) is 19.5. The zero-order chi connectivity index (χ0) is 19.8. The summed E-state index contributed by atoms with van der Waals surface area (Å²) in [6, 6.07) is 7.66. The van der Waals surface area contributed by atoms with Crippen molar-refractivity contribution in [3.05, 3.63) is 35.5 Å². The SMILES string of the molecule is CCOc1cc(CNc2[nH]ncc2C#N)ccc1OCC(=O)N1CCCCC1. The van der Waals surface area contributed by atoms with Crippen molar-refractivity contribution in [2.45, 2.75) is 32.7 Å². The lowest BCUT2D eigenvalue weighted by Crippen LogP contribution is -2.38. The van der Waals surface area contributed by atoms with Crippen LogP contribution in [0.4, 0.5) is 5.82 Å². The van der Waals surface area contributed by atoms with Crippen LogP contribution >= 0.6 is 0 Å². The lowest BCUT2D eigenvalue weighted by molar-refractivity contribution is -0.134. The van der Waals surface area contributed by atoms with E-state index in [0.717, 1.165) is 31.5 Å². The summed E-state index contributed by atoms with van der Waals surface area (Å²) in [7, 11) is 0. The number of rotatable bonds is 8. The summed E-state index contributed by atoms with van der Waals surface area (Å²) >= 11 is 0. The number of hydrogen-bond donors (Lipinski definition) is 2. The third-order valence-corrected chi connectivity index (χ3v) is 4.60. The van der Waals surface area contributed by atoms with Crippen molar-refractivity contribution in [1.29, 1.82) is 5.26 Å². The molecule has 28 heavy (non-hydrogen) atoms. The van der Waals surface area contributed by atoms with E-state index in [1.807, 2.05) is 30.0 Å². The molecule has 0 unspecified atom stereocenters. The zero-order valence-electron chi connectivity index (χ0n) is 16.0. The second-order valence-electron chi connectivity index (χ2n) is 6.57. The molecule has 2 aromatic rings. The number of nitrogens with one attached hydrogen (secondary N) is 2. The van der Waals surface area contributed by atoms with Gasteiger partial charge in [0.25, 0.3) is 5.91 Å². The predicted octanol–water partition coefficient (Wildman–Crippen LogP) is 2.68. The lowest BCUT2D eigenvalue weighted by Gasteiger charge is -2.26. The first-order valence-electron chi connectivity index (χ1n) is 9.55. The van der Waals surface area contributed by atoms with Crippen molar-refractivity contribution in [2.75, 3.05) is 31.6 Å². The van der Waals surface area contributed by atoms with Gasteiger partial charge in [0.05, 0.1) is 12.8 Å². The third-order valence-electron chi connectivity index (χ3n) is 4.60. The van der Waals surface area contributed by atoms with Gasteiger partial charge in [-0.3, -0.25) is 9.89 Å². The molecule has 1 saturated heterocycles. The fraction of sp³-hybridized carbons (Fsp3) is 0.450. The van der Waals surface area contributed by atoms with Gasteiger partial charge in [0.15, 0.2) is 18.1 Å². The van der Waals surface area contributed by atoms with Gasteiger partial charge >= 0.3 is 0 Å². The van der Waals surface area contributed by atoms with Gasteiger partial charge in [-0.2, -0.15) is 10.4 Å². The van der Waals surface area contributed by atoms with Gasteiger partial charge in [-0.05, 0) is 43.9 Å². The average molecular weight is 383 g/mol. The highest BCUT2D eigenvalue weighted by Crippen LogP contribution is 2.29. The molecule has 0 bridgehead atoms. The summed E-state index contributed by atoms with van der Waals surface area (Å²) in [4.78, 5) is 14.2. The van der Waals surface area contributed by atoms with Crippen LogP contribution in [0.3, 0.4) is 0 Å². The van der Waals surface area contributed by atoms with Crippen LogP contribution in [0, 0.1) is 11.3 Å². The minimum atomic E-state index is 0.0103. The van der Waals surface area contributed by atoms with Crippen molar-refractivity contribution >= 4 is 11.7 Å². The van der Waals surface area contributed by atoms with Crippen molar-refractivity contribution in [1.82, 2.24) is 15.1 Å². The summed E-state index contributed by atoms with van der Waals surface area (Å²) in [5, 5.41) is 18.8. The summed E-state index contributed by atoms with van der Waals surface area (Å²) in [6.07, 6.45) is 4.77. The molecule has 0 saturated carbocycles. The number of anilines is 1. The molecule has 1 aromatic carbocycles. The second-order valence-corrected chi connectivity index (χ2v) is 6.57. The van der Waals surface area contributed by atoms with Crippen LogP contribution in [0.15, 0.2) is 24.4 Å². The molecular weight excluding hydrogens is 358 g/mol. The molecule has 1 amide bonds. The molecule has 2 N–H and O–H groups in total. The summed E-state index contributed by atoms with van der Waals surface area (Å²) < 4.78 is 11.4. The van der Waals surface area contributed by atoms with E-state index in [-0.39, 0.29) is 12.5 Å². The van der Waals surface area contributed by atoms with E-state index >= 15 is 0 Å². The van der Waals surface area contributed by atoms with E-state index in [2.05, 4.69) is 21.6 Å². The predicted molar refractivity (Wildman–Crippen MR) is 104 cm³/mol. The number of amides is 1. The summed E-state index contributed by atoms with van der Waals surface area (Å²) in [5.41, 5.74) is 1.41. The Morgan fingerprint density at radius 1 is 1.29 bits per heavy atom. The third kappa shape index (κ3) is 4.94. The highest BCUT2D eigenvalue weighted by atomic mass is 16.5. The average Bonchev–Trinajstić information content (AvgIpc) is 3.20. The quantitative estimate of drug-likeness (QED) is 0.726. The maximum absolute atomic E-state index is 12.3. The molecular formula is C20H25N5O3. The minimum absolute atomic E-state index is 0.0103. The molecule has 0 atom stereocenters. The maximum Gasteiger partial charge on any atom is 0.260 e. The van der Waals surface area contributed by atoms with E-state index in [1.165, 1.54) is 12.6 Å². The van der Waals surface area contributed by atoms with Crippen molar-refractivity contribution in [3.63, 3.8) is 0 Å². The molecule has 3 rings (SSSR count). The van der Waals surface area contributed by atoms with E-state index in [0.29, 0.717) is 36.0 Å². The van der Waals surface area contributed by atoms with Crippen LogP contribution in [0.1, 0.15) is 37.3 Å². The number of aromatic nitrogens is 2. The Balaban J connectivity index is 1.61. The summed E-state index contributed by atoms with van der Waals surface area (Å²) in [5.74, 6) is 1.73. The largest absolute Gasteiger partial charge is 0.490 e. The second kappa shape index (κ2) is 9.65. The van der Waals surface area contributed by atoms with E-state index in [1.54, 1.807) is 0 Å². The molecule has 0 radical (unpaired) electrons. The molecule has 0 aliphatic carbocycles. The normalized spacial score (nSPS) is 13.6. The van der Waals surface area contributed by atoms with Crippen LogP contribution in [0.5, 0.6) is 11.5 Å². The highest BCUT2D eigenvalue weighted by Gasteiger charge is 2.18. The zero-order valence-corrected chi connectivity index (χ0v) is 16.0. The fourth-order valence-corrected chi connectivity index (χ4v) is 3.12. The first-order valence-corrected chi connectivity index (χ1v) is 9.55. The molecule has 148 valence electrons. The number of likely N-dealkylation sites (tertiary alicyclic amines) is 1. The molecule has 1 aromatic heterocycles. The molecule has 2 heterocycles. The molecule has 1 fully saturated rings. The van der Waals surface area contributed by atoms with Gasteiger partial charge < -0.3 is 19.7 Å². The van der Waals surface area contributed by atoms with Crippen molar-refractivity contribution < 1.29 is 14.3 Å². The highest BCUT2D eigenvalue weighted by molar-refractivity contribution is 5.78. The smallest absolute Gasteiger partial charge is 0.260 e. The van der Waals surface area contributed by atoms with E-state index in [9.17, 15) is 4.79 Å². The number of benzene rings is 1. The number of H-pyrrole nitrogens is 1.